The minimum atomic E-state index is 0.500. The zero-order valence-corrected chi connectivity index (χ0v) is 22.6. The van der Waals surface area contributed by atoms with Gasteiger partial charge in [0.2, 0.25) is 0 Å². The first kappa shape index (κ1) is 36.8. The Labute approximate surface area is 172 Å². The third-order valence-electron chi connectivity index (χ3n) is 3.44. The van der Waals surface area contributed by atoms with Crippen molar-refractivity contribution in [2.75, 3.05) is 0 Å². The Balaban J connectivity index is -0.0000000712. The van der Waals surface area contributed by atoms with Crippen LogP contribution in [0.5, 0.6) is 0 Å². The van der Waals surface area contributed by atoms with E-state index in [0.717, 1.165) is 5.92 Å². The second-order valence-corrected chi connectivity index (χ2v) is 11.6. The summed E-state index contributed by atoms with van der Waals surface area (Å²) in [7, 11) is 0. The van der Waals surface area contributed by atoms with Crippen LogP contribution >= 0.6 is 0 Å². The Hall–Kier alpha value is 0. The minimum absolute atomic E-state index is 0.500. The lowest BCUT2D eigenvalue weighted by Crippen LogP contribution is -2.00. The highest BCUT2D eigenvalue weighted by Crippen LogP contribution is 2.16. The quantitative estimate of drug-likeness (QED) is 0.450. The van der Waals surface area contributed by atoms with Crippen LogP contribution in [0.25, 0.3) is 0 Å². The Kier molecular flexibility index (Phi) is 30.2. The van der Waals surface area contributed by atoms with E-state index in [0.29, 0.717) is 16.2 Å². The average molecular weight is 375 g/mol. The molecule has 0 bridgehead atoms. The van der Waals surface area contributed by atoms with Crippen LogP contribution in [0.2, 0.25) is 0 Å². The normalized spacial score (nSPS) is 10.8. The van der Waals surface area contributed by atoms with Crippen LogP contribution < -0.4 is 0 Å². The first-order valence-corrected chi connectivity index (χ1v) is 11.3. The molecule has 0 aliphatic carbocycles. The van der Waals surface area contributed by atoms with Gasteiger partial charge in [0.25, 0.3) is 0 Å². The average Bonchev–Trinajstić information content (AvgIpc) is 2.45. The largest absolute Gasteiger partial charge is 0.0654 e. The van der Waals surface area contributed by atoms with Crippen LogP contribution in [0, 0.1) is 22.2 Å². The molecule has 166 valence electrons. The molecule has 0 N–H and O–H groups in total. The van der Waals surface area contributed by atoms with Crippen molar-refractivity contribution >= 4 is 0 Å². The van der Waals surface area contributed by atoms with Gasteiger partial charge in [0.15, 0.2) is 0 Å². The first-order valence-electron chi connectivity index (χ1n) is 11.3. The SMILES string of the molecule is CC(C)(C)C.CCC(C)(C)C.CCC(C)(C)C.CCC(C)C.CCCC. The number of rotatable bonds is 2. The molecule has 0 aromatic rings. The Bertz CT molecular complexity index is 192. The molecule has 0 aliphatic heterocycles. The van der Waals surface area contributed by atoms with Gasteiger partial charge < -0.3 is 0 Å². The molecule has 0 saturated carbocycles. The van der Waals surface area contributed by atoms with Crippen LogP contribution in [0.3, 0.4) is 0 Å². The lowest BCUT2D eigenvalue weighted by Gasteiger charge is -2.12. The fraction of sp³-hybridized carbons (Fsp3) is 1.00. The predicted octanol–water partition coefficient (Wildman–Crippen LogP) is 10.8. The molecule has 0 aromatic carbocycles. The highest BCUT2D eigenvalue weighted by molar-refractivity contribution is 4.55. The van der Waals surface area contributed by atoms with E-state index < -0.39 is 0 Å². The monoisotopic (exact) mass is 374 g/mol. The lowest BCUT2D eigenvalue weighted by atomic mass is 9.94. The third kappa shape index (κ3) is 157. The van der Waals surface area contributed by atoms with E-state index in [9.17, 15) is 0 Å². The number of hydrogen-bond donors (Lipinski definition) is 0. The van der Waals surface area contributed by atoms with Gasteiger partial charge in [-0.15, -0.1) is 0 Å². The van der Waals surface area contributed by atoms with E-state index in [2.05, 4.69) is 118 Å². The van der Waals surface area contributed by atoms with Crippen molar-refractivity contribution in [3.05, 3.63) is 0 Å². The van der Waals surface area contributed by atoms with Gasteiger partial charge in [-0.05, 0) is 22.2 Å². The van der Waals surface area contributed by atoms with Gasteiger partial charge in [0, 0.05) is 0 Å². The van der Waals surface area contributed by atoms with E-state index in [1.54, 1.807) is 0 Å². The van der Waals surface area contributed by atoms with Crippen molar-refractivity contribution in [1.82, 2.24) is 0 Å². The van der Waals surface area contributed by atoms with E-state index in [-0.39, 0.29) is 0 Å². The summed E-state index contributed by atoms with van der Waals surface area (Å²) in [5.41, 5.74) is 1.58. The molecule has 0 saturated heterocycles. The smallest absolute Gasteiger partial charge is 0.0385 e. The molecule has 26 heavy (non-hydrogen) atoms. The maximum absolute atomic E-state index is 2.24. The van der Waals surface area contributed by atoms with Gasteiger partial charge in [0.1, 0.15) is 0 Å². The van der Waals surface area contributed by atoms with Gasteiger partial charge >= 0.3 is 0 Å². The van der Waals surface area contributed by atoms with Crippen LogP contribution in [-0.4, -0.2) is 0 Å². The van der Waals surface area contributed by atoms with E-state index >= 15 is 0 Å². The predicted molar refractivity (Wildman–Crippen MR) is 130 cm³/mol. The van der Waals surface area contributed by atoms with Gasteiger partial charge in [0.05, 0.1) is 0 Å². The molecular formula is C26H62. The van der Waals surface area contributed by atoms with Gasteiger partial charge in [-0.25, -0.2) is 0 Å². The van der Waals surface area contributed by atoms with E-state index in [1.165, 1.54) is 32.1 Å². The molecular weight excluding hydrogens is 312 g/mol. The van der Waals surface area contributed by atoms with E-state index in [4.69, 9.17) is 0 Å². The summed E-state index contributed by atoms with van der Waals surface area (Å²) in [6.45, 7) is 37.6. The second-order valence-electron chi connectivity index (χ2n) is 11.6. The fourth-order valence-electron chi connectivity index (χ4n) is 0. The summed E-state index contributed by atoms with van der Waals surface area (Å²) in [5, 5.41) is 0. The number of hydrogen-bond acceptors (Lipinski definition) is 0. The summed E-state index contributed by atoms with van der Waals surface area (Å²) >= 11 is 0. The molecule has 0 nitrogen and oxygen atoms in total. The molecule has 0 rings (SSSR count). The lowest BCUT2D eigenvalue weighted by molar-refractivity contribution is 0.397. The van der Waals surface area contributed by atoms with Crippen molar-refractivity contribution in [3.63, 3.8) is 0 Å². The highest BCUT2D eigenvalue weighted by Gasteiger charge is 2.03. The number of unbranched alkanes of at least 4 members (excludes halogenated alkanes) is 1. The van der Waals surface area contributed by atoms with Crippen molar-refractivity contribution in [2.45, 2.75) is 150 Å². The maximum Gasteiger partial charge on any atom is -0.0385 e. The Morgan fingerprint density at radius 2 is 0.615 bits per heavy atom. The first-order chi connectivity index (χ1) is 11.3. The standard InChI is InChI=1S/2C6H14.2C5H12.C4H10/c2*1-5-6(2,3)4;1-5(2,3)4;1-4-5(2)3;1-3-4-2/h2*5H2,1-4H3;1-4H3;5H,4H2,1-3H3;3-4H2,1-2H3. The molecule has 0 aromatic heterocycles. The molecule has 0 aliphatic rings. The van der Waals surface area contributed by atoms with Crippen molar-refractivity contribution < 1.29 is 0 Å². The van der Waals surface area contributed by atoms with Crippen LogP contribution in [0.1, 0.15) is 150 Å². The van der Waals surface area contributed by atoms with Gasteiger partial charge in [-0.3, -0.25) is 0 Å². The summed E-state index contributed by atoms with van der Waals surface area (Å²) in [4.78, 5) is 0. The summed E-state index contributed by atoms with van der Waals surface area (Å²) < 4.78 is 0. The van der Waals surface area contributed by atoms with Crippen LogP contribution in [-0.2, 0) is 0 Å². The van der Waals surface area contributed by atoms with Crippen molar-refractivity contribution in [1.29, 1.82) is 0 Å². The molecule has 0 atom stereocenters. The fourth-order valence-corrected chi connectivity index (χ4v) is 0. The summed E-state index contributed by atoms with van der Waals surface area (Å²) in [5.74, 6) is 0.884. The summed E-state index contributed by atoms with van der Waals surface area (Å²) in [6, 6.07) is 0. The van der Waals surface area contributed by atoms with E-state index in [1.807, 2.05) is 0 Å². The second kappa shape index (κ2) is 21.3. The van der Waals surface area contributed by atoms with Gasteiger partial charge in [-0.2, -0.15) is 0 Å². The zero-order chi connectivity index (χ0) is 22.6. The highest BCUT2D eigenvalue weighted by atomic mass is 14.1. The minimum Gasteiger partial charge on any atom is -0.0654 e. The molecule has 0 spiro atoms. The Morgan fingerprint density at radius 1 is 0.500 bits per heavy atom. The maximum atomic E-state index is 2.24. The molecule has 0 radical (unpaired) electrons. The Morgan fingerprint density at radius 3 is 0.615 bits per heavy atom. The van der Waals surface area contributed by atoms with Gasteiger partial charge in [-0.1, -0.05) is 150 Å². The third-order valence-corrected chi connectivity index (χ3v) is 3.44. The zero-order valence-electron chi connectivity index (χ0n) is 22.6. The molecule has 0 heteroatoms. The van der Waals surface area contributed by atoms with Crippen LogP contribution in [0.15, 0.2) is 0 Å². The van der Waals surface area contributed by atoms with Crippen molar-refractivity contribution in [2.24, 2.45) is 22.2 Å². The van der Waals surface area contributed by atoms with Crippen molar-refractivity contribution in [3.8, 4) is 0 Å². The summed E-state index contributed by atoms with van der Waals surface area (Å²) in [6.07, 6.45) is 6.49. The molecule has 0 fully saturated rings. The molecule has 0 heterocycles. The topological polar surface area (TPSA) is 0 Å². The molecule has 0 unspecified atom stereocenters. The molecule has 0 amide bonds. The van der Waals surface area contributed by atoms with Crippen LogP contribution in [0.4, 0.5) is 0 Å².